The SMILES string of the molecule is CCOC(=O)c1c(C)[nH]c(CN(Cc2ccc(C)cc2)S(=O)(=O)Cc2ccccc2)c1C. The van der Waals surface area contributed by atoms with Crippen molar-refractivity contribution >= 4 is 16.0 Å². The average Bonchev–Trinajstić information content (AvgIpc) is 3.02. The summed E-state index contributed by atoms with van der Waals surface area (Å²) in [6.45, 7) is 8.02. The van der Waals surface area contributed by atoms with Gasteiger partial charge in [-0.25, -0.2) is 13.2 Å². The van der Waals surface area contributed by atoms with Gasteiger partial charge in [0.2, 0.25) is 10.0 Å². The number of hydrogen-bond donors (Lipinski definition) is 1. The van der Waals surface area contributed by atoms with Crippen LogP contribution in [0.4, 0.5) is 0 Å². The fraction of sp³-hybridized carbons (Fsp3) is 0.320. The van der Waals surface area contributed by atoms with Gasteiger partial charge in [0.25, 0.3) is 0 Å². The van der Waals surface area contributed by atoms with Gasteiger partial charge in [0.15, 0.2) is 0 Å². The first kappa shape index (κ1) is 23.8. The Morgan fingerprint density at radius 2 is 1.59 bits per heavy atom. The van der Waals surface area contributed by atoms with Crippen molar-refractivity contribution < 1.29 is 17.9 Å². The summed E-state index contributed by atoms with van der Waals surface area (Å²) in [7, 11) is -3.64. The smallest absolute Gasteiger partial charge is 0.340 e. The Morgan fingerprint density at radius 1 is 0.938 bits per heavy atom. The molecule has 6 nitrogen and oxygen atoms in total. The molecule has 0 unspecified atom stereocenters. The Labute approximate surface area is 190 Å². The quantitative estimate of drug-likeness (QED) is 0.478. The van der Waals surface area contributed by atoms with E-state index in [1.807, 2.05) is 68.4 Å². The van der Waals surface area contributed by atoms with Crippen LogP contribution < -0.4 is 0 Å². The van der Waals surface area contributed by atoms with E-state index in [9.17, 15) is 13.2 Å². The number of nitrogens with zero attached hydrogens (tertiary/aromatic N) is 1. The fourth-order valence-electron chi connectivity index (χ4n) is 3.68. The molecule has 0 fully saturated rings. The second kappa shape index (κ2) is 10.1. The van der Waals surface area contributed by atoms with Crippen LogP contribution in [0.25, 0.3) is 0 Å². The predicted octanol–water partition coefficient (Wildman–Crippen LogP) is 4.65. The molecule has 0 saturated heterocycles. The van der Waals surface area contributed by atoms with Crippen molar-refractivity contribution in [1.29, 1.82) is 0 Å². The molecule has 1 aromatic heterocycles. The number of aromatic amines is 1. The van der Waals surface area contributed by atoms with Crippen molar-refractivity contribution in [3.05, 3.63) is 93.8 Å². The Hall–Kier alpha value is -2.90. The molecule has 0 aliphatic carbocycles. The summed E-state index contributed by atoms with van der Waals surface area (Å²) in [5.41, 5.74) is 5.29. The standard InChI is InChI=1S/C25H30N2O4S/c1-5-31-25(28)24-19(3)23(26-20(24)4)16-27(15-21-13-11-18(2)12-14-21)32(29,30)17-22-9-7-6-8-10-22/h6-14,26H,5,15-17H2,1-4H3. The van der Waals surface area contributed by atoms with E-state index in [1.54, 1.807) is 13.8 Å². The molecule has 7 heteroatoms. The number of aromatic nitrogens is 1. The van der Waals surface area contributed by atoms with E-state index in [0.717, 1.165) is 16.7 Å². The van der Waals surface area contributed by atoms with Crippen LogP contribution in [0, 0.1) is 20.8 Å². The van der Waals surface area contributed by atoms with Gasteiger partial charge in [-0.2, -0.15) is 4.31 Å². The highest BCUT2D eigenvalue weighted by atomic mass is 32.2. The lowest BCUT2D eigenvalue weighted by Gasteiger charge is -2.23. The Morgan fingerprint density at radius 3 is 2.22 bits per heavy atom. The predicted molar refractivity (Wildman–Crippen MR) is 126 cm³/mol. The number of rotatable bonds is 9. The zero-order valence-corrected chi connectivity index (χ0v) is 19.8. The average molecular weight is 455 g/mol. The normalized spacial score (nSPS) is 11.7. The highest BCUT2D eigenvalue weighted by Gasteiger charge is 2.27. The van der Waals surface area contributed by atoms with Gasteiger partial charge in [0.05, 0.1) is 24.5 Å². The highest BCUT2D eigenvalue weighted by molar-refractivity contribution is 7.88. The number of nitrogens with one attached hydrogen (secondary N) is 1. The molecule has 32 heavy (non-hydrogen) atoms. The van der Waals surface area contributed by atoms with Gasteiger partial charge in [-0.15, -0.1) is 0 Å². The van der Waals surface area contributed by atoms with Gasteiger partial charge in [-0.05, 0) is 44.4 Å². The van der Waals surface area contributed by atoms with Crippen molar-refractivity contribution in [1.82, 2.24) is 9.29 Å². The van der Waals surface area contributed by atoms with Crippen molar-refractivity contribution in [3.63, 3.8) is 0 Å². The molecular weight excluding hydrogens is 424 g/mol. The van der Waals surface area contributed by atoms with Gasteiger partial charge < -0.3 is 9.72 Å². The van der Waals surface area contributed by atoms with Gasteiger partial charge in [0, 0.05) is 17.9 Å². The van der Waals surface area contributed by atoms with E-state index < -0.39 is 16.0 Å². The zero-order valence-electron chi connectivity index (χ0n) is 19.0. The highest BCUT2D eigenvalue weighted by Crippen LogP contribution is 2.24. The van der Waals surface area contributed by atoms with Crippen molar-refractivity contribution in [3.8, 4) is 0 Å². The molecule has 0 radical (unpaired) electrons. The van der Waals surface area contributed by atoms with Gasteiger partial charge in [-0.3, -0.25) is 0 Å². The van der Waals surface area contributed by atoms with Gasteiger partial charge in [-0.1, -0.05) is 60.2 Å². The number of hydrogen-bond acceptors (Lipinski definition) is 4. The molecule has 1 heterocycles. The number of aryl methyl sites for hydroxylation is 2. The second-order valence-electron chi connectivity index (χ2n) is 7.94. The number of sulfonamides is 1. The molecule has 0 atom stereocenters. The van der Waals surface area contributed by atoms with Crippen LogP contribution in [0.5, 0.6) is 0 Å². The summed E-state index contributed by atoms with van der Waals surface area (Å²) in [5, 5.41) is 0. The maximum atomic E-state index is 13.4. The minimum atomic E-state index is -3.64. The summed E-state index contributed by atoms with van der Waals surface area (Å²) in [6.07, 6.45) is 0. The topological polar surface area (TPSA) is 79.5 Å². The summed E-state index contributed by atoms with van der Waals surface area (Å²) in [5.74, 6) is -0.495. The summed E-state index contributed by atoms with van der Waals surface area (Å²) < 4.78 is 33.5. The maximum absolute atomic E-state index is 13.4. The van der Waals surface area contributed by atoms with Crippen molar-refractivity contribution in [2.45, 2.75) is 46.5 Å². The molecule has 170 valence electrons. The molecule has 3 rings (SSSR count). The van der Waals surface area contributed by atoms with Crippen molar-refractivity contribution in [2.75, 3.05) is 6.61 Å². The van der Waals surface area contributed by atoms with E-state index in [1.165, 1.54) is 4.31 Å². The lowest BCUT2D eigenvalue weighted by molar-refractivity contribution is 0.0525. The fourth-order valence-corrected chi connectivity index (χ4v) is 5.15. The molecule has 0 amide bonds. The van der Waals surface area contributed by atoms with Crippen LogP contribution >= 0.6 is 0 Å². The van der Waals surface area contributed by atoms with Crippen LogP contribution in [0.2, 0.25) is 0 Å². The zero-order chi connectivity index (χ0) is 23.3. The molecule has 1 N–H and O–H groups in total. The number of carbonyl (C=O) groups excluding carboxylic acids is 1. The third-order valence-electron chi connectivity index (χ3n) is 5.42. The molecule has 0 saturated carbocycles. The third-order valence-corrected chi connectivity index (χ3v) is 7.16. The lowest BCUT2D eigenvalue weighted by Crippen LogP contribution is -2.31. The summed E-state index contributed by atoms with van der Waals surface area (Å²) in [6, 6.07) is 17.0. The number of benzene rings is 2. The van der Waals surface area contributed by atoms with Crippen LogP contribution in [0.15, 0.2) is 54.6 Å². The van der Waals surface area contributed by atoms with Crippen LogP contribution in [-0.2, 0) is 33.6 Å². The molecule has 0 spiro atoms. The number of esters is 1. The van der Waals surface area contributed by atoms with E-state index in [2.05, 4.69) is 4.98 Å². The van der Waals surface area contributed by atoms with Crippen LogP contribution in [0.3, 0.4) is 0 Å². The first-order valence-electron chi connectivity index (χ1n) is 10.6. The first-order chi connectivity index (χ1) is 15.2. The number of ether oxygens (including phenoxy) is 1. The third kappa shape index (κ3) is 5.66. The van der Waals surface area contributed by atoms with Gasteiger partial charge in [0.1, 0.15) is 0 Å². The maximum Gasteiger partial charge on any atom is 0.340 e. The van der Waals surface area contributed by atoms with E-state index in [0.29, 0.717) is 22.5 Å². The first-order valence-corrected chi connectivity index (χ1v) is 12.2. The van der Waals surface area contributed by atoms with Crippen LogP contribution in [0.1, 0.15) is 50.9 Å². The van der Waals surface area contributed by atoms with E-state index in [4.69, 9.17) is 4.74 Å². The lowest BCUT2D eigenvalue weighted by atomic mass is 10.1. The molecular formula is C25H30N2O4S. The van der Waals surface area contributed by atoms with E-state index in [-0.39, 0.29) is 25.4 Å². The second-order valence-corrected chi connectivity index (χ2v) is 9.91. The van der Waals surface area contributed by atoms with Crippen LogP contribution in [-0.4, -0.2) is 30.3 Å². The van der Waals surface area contributed by atoms with Crippen molar-refractivity contribution in [2.24, 2.45) is 0 Å². The Kier molecular flexibility index (Phi) is 7.53. The van der Waals surface area contributed by atoms with E-state index >= 15 is 0 Å². The van der Waals surface area contributed by atoms with Gasteiger partial charge >= 0.3 is 5.97 Å². The largest absolute Gasteiger partial charge is 0.462 e. The summed E-state index contributed by atoms with van der Waals surface area (Å²) >= 11 is 0. The molecule has 0 aliphatic heterocycles. The molecule has 0 aliphatic rings. The molecule has 2 aromatic carbocycles. The number of carbonyl (C=O) groups is 1. The molecule has 3 aromatic rings. The Bertz CT molecular complexity index is 1170. The molecule has 0 bridgehead atoms. The minimum Gasteiger partial charge on any atom is -0.462 e. The minimum absolute atomic E-state index is 0.0941. The Balaban J connectivity index is 1.95. The monoisotopic (exact) mass is 454 g/mol. The number of H-pyrrole nitrogens is 1. The summed E-state index contributed by atoms with van der Waals surface area (Å²) in [4.78, 5) is 15.6.